The molecular formula is C23H29N3O2. The lowest BCUT2D eigenvalue weighted by atomic mass is 10.0. The molecule has 0 spiro atoms. The van der Waals surface area contributed by atoms with Crippen molar-refractivity contribution in [1.82, 2.24) is 9.88 Å². The van der Waals surface area contributed by atoms with Gasteiger partial charge in [-0.3, -0.25) is 9.88 Å². The molecule has 2 aromatic heterocycles. The normalized spacial score (nSPS) is 18.1. The van der Waals surface area contributed by atoms with Crippen molar-refractivity contribution in [2.75, 3.05) is 31.1 Å². The van der Waals surface area contributed by atoms with Crippen molar-refractivity contribution in [1.29, 1.82) is 0 Å². The van der Waals surface area contributed by atoms with Crippen LogP contribution in [0.25, 0.3) is 10.9 Å². The van der Waals surface area contributed by atoms with Crippen LogP contribution in [-0.4, -0.2) is 47.3 Å². The molecule has 0 amide bonds. The Morgan fingerprint density at radius 1 is 1.14 bits per heavy atom. The fourth-order valence-electron chi connectivity index (χ4n) is 4.39. The number of aryl methyl sites for hydroxylation is 3. The van der Waals surface area contributed by atoms with Gasteiger partial charge in [0.2, 0.25) is 0 Å². The highest BCUT2D eigenvalue weighted by molar-refractivity contribution is 5.94. The van der Waals surface area contributed by atoms with Crippen LogP contribution < -0.4 is 4.90 Å². The molecule has 4 rings (SSSR count). The lowest BCUT2D eigenvalue weighted by Gasteiger charge is -2.42. The smallest absolute Gasteiger partial charge is 0.118 e. The number of pyridine rings is 1. The summed E-state index contributed by atoms with van der Waals surface area (Å²) in [6.07, 6.45) is 2.68. The minimum absolute atomic E-state index is 0.196. The van der Waals surface area contributed by atoms with E-state index in [-0.39, 0.29) is 6.61 Å². The van der Waals surface area contributed by atoms with Gasteiger partial charge in [0, 0.05) is 49.6 Å². The molecule has 5 heteroatoms. The highest BCUT2D eigenvalue weighted by Crippen LogP contribution is 2.31. The molecule has 1 aliphatic rings. The van der Waals surface area contributed by atoms with Crippen molar-refractivity contribution >= 4 is 16.6 Å². The van der Waals surface area contributed by atoms with Crippen LogP contribution in [0.1, 0.15) is 29.1 Å². The Morgan fingerprint density at radius 3 is 2.75 bits per heavy atom. The van der Waals surface area contributed by atoms with E-state index in [1.54, 1.807) is 0 Å². The Hall–Kier alpha value is -2.37. The molecular weight excluding hydrogens is 350 g/mol. The second-order valence-corrected chi connectivity index (χ2v) is 7.90. The Morgan fingerprint density at radius 2 is 2.00 bits per heavy atom. The number of fused-ring (bicyclic) bond motifs is 1. The lowest BCUT2D eigenvalue weighted by molar-refractivity contribution is 0.127. The zero-order valence-electron chi connectivity index (χ0n) is 17.0. The van der Waals surface area contributed by atoms with Gasteiger partial charge >= 0.3 is 0 Å². The largest absolute Gasteiger partial charge is 0.465 e. The first-order chi connectivity index (χ1) is 13.5. The van der Waals surface area contributed by atoms with E-state index in [1.807, 2.05) is 19.2 Å². The van der Waals surface area contributed by atoms with E-state index in [4.69, 9.17) is 4.42 Å². The van der Waals surface area contributed by atoms with Gasteiger partial charge in [-0.2, -0.15) is 0 Å². The van der Waals surface area contributed by atoms with Gasteiger partial charge in [0.15, 0.2) is 0 Å². The number of hydrogen-bond donors (Lipinski definition) is 1. The summed E-state index contributed by atoms with van der Waals surface area (Å²) in [5, 5.41) is 10.8. The monoisotopic (exact) mass is 379 g/mol. The summed E-state index contributed by atoms with van der Waals surface area (Å²) in [6, 6.07) is 10.9. The maximum absolute atomic E-state index is 9.63. The van der Waals surface area contributed by atoms with Crippen molar-refractivity contribution in [3.05, 3.63) is 59.2 Å². The highest BCUT2D eigenvalue weighted by atomic mass is 16.3. The zero-order chi connectivity index (χ0) is 19.7. The first kappa shape index (κ1) is 19.0. The first-order valence-electron chi connectivity index (χ1n) is 10.1. The lowest BCUT2D eigenvalue weighted by Crippen LogP contribution is -2.53. The predicted octanol–water partition coefficient (Wildman–Crippen LogP) is 3.83. The quantitative estimate of drug-likeness (QED) is 0.730. The van der Waals surface area contributed by atoms with E-state index in [2.05, 4.69) is 52.9 Å². The molecule has 1 atom stereocenters. The molecule has 0 radical (unpaired) electrons. The van der Waals surface area contributed by atoms with Gasteiger partial charge in [-0.25, -0.2) is 0 Å². The molecule has 1 aromatic carbocycles. The van der Waals surface area contributed by atoms with Gasteiger partial charge in [-0.05, 0) is 57.0 Å². The van der Waals surface area contributed by atoms with Gasteiger partial charge in [0.25, 0.3) is 0 Å². The molecule has 0 saturated carbocycles. The van der Waals surface area contributed by atoms with Crippen molar-refractivity contribution in [3.63, 3.8) is 0 Å². The average Bonchev–Trinajstić information content (AvgIpc) is 3.08. The Bertz CT molecular complexity index is 966. The third-order valence-corrected chi connectivity index (χ3v) is 5.72. The van der Waals surface area contributed by atoms with Crippen LogP contribution in [0.15, 0.2) is 40.9 Å². The SMILES string of the molecule is Cc1cc(C)c2nccc(N3CCN(Cc4ccc(C)o4)[C@@H](CCO)C3)c2c1. The fraction of sp³-hybridized carbons (Fsp3) is 0.435. The molecule has 28 heavy (non-hydrogen) atoms. The van der Waals surface area contributed by atoms with Crippen LogP contribution in [0, 0.1) is 20.8 Å². The summed E-state index contributed by atoms with van der Waals surface area (Å²) in [6.45, 7) is 10.0. The van der Waals surface area contributed by atoms with Gasteiger partial charge in [-0.1, -0.05) is 11.6 Å². The number of aliphatic hydroxyl groups excluding tert-OH is 1. The molecule has 0 bridgehead atoms. The minimum atomic E-state index is 0.196. The first-order valence-corrected chi connectivity index (χ1v) is 10.1. The van der Waals surface area contributed by atoms with Crippen LogP contribution in [-0.2, 0) is 6.54 Å². The maximum Gasteiger partial charge on any atom is 0.118 e. The molecule has 0 aliphatic carbocycles. The molecule has 3 aromatic rings. The number of aromatic nitrogens is 1. The summed E-state index contributed by atoms with van der Waals surface area (Å²) in [4.78, 5) is 9.50. The molecule has 148 valence electrons. The zero-order valence-corrected chi connectivity index (χ0v) is 17.0. The molecule has 0 unspecified atom stereocenters. The summed E-state index contributed by atoms with van der Waals surface area (Å²) in [7, 11) is 0. The number of benzene rings is 1. The van der Waals surface area contributed by atoms with E-state index >= 15 is 0 Å². The van der Waals surface area contributed by atoms with Crippen LogP contribution in [0.2, 0.25) is 0 Å². The number of hydrogen-bond acceptors (Lipinski definition) is 5. The molecule has 1 fully saturated rings. The van der Waals surface area contributed by atoms with Crippen molar-refractivity contribution in [2.45, 2.75) is 39.8 Å². The number of anilines is 1. The third-order valence-electron chi connectivity index (χ3n) is 5.72. The van der Waals surface area contributed by atoms with Crippen molar-refractivity contribution in [2.24, 2.45) is 0 Å². The van der Waals surface area contributed by atoms with Gasteiger partial charge in [0.1, 0.15) is 11.5 Å². The topological polar surface area (TPSA) is 52.7 Å². The Labute approximate surface area is 166 Å². The standard InChI is InChI=1S/C23H29N3O2/c1-16-12-17(2)23-21(13-16)22(6-8-24-23)26-10-9-25(19(14-26)7-11-27)15-20-5-4-18(3)28-20/h4-6,8,12-13,19,27H,7,9-11,14-15H2,1-3H3/t19-/m0/s1. The number of furan rings is 1. The van der Waals surface area contributed by atoms with Gasteiger partial charge in [-0.15, -0.1) is 0 Å². The average molecular weight is 380 g/mol. The van der Waals surface area contributed by atoms with E-state index in [1.165, 1.54) is 22.2 Å². The minimum Gasteiger partial charge on any atom is -0.465 e. The molecule has 1 aliphatic heterocycles. The summed E-state index contributed by atoms with van der Waals surface area (Å²) < 4.78 is 5.78. The summed E-state index contributed by atoms with van der Waals surface area (Å²) in [5.74, 6) is 1.94. The number of nitrogens with zero attached hydrogens (tertiary/aromatic N) is 3. The maximum atomic E-state index is 9.63. The Kier molecular flexibility index (Phi) is 5.38. The fourth-order valence-corrected chi connectivity index (χ4v) is 4.39. The van der Waals surface area contributed by atoms with E-state index < -0.39 is 0 Å². The molecule has 1 N–H and O–H groups in total. The summed E-state index contributed by atoms with van der Waals surface area (Å²) >= 11 is 0. The van der Waals surface area contributed by atoms with Crippen molar-refractivity contribution in [3.8, 4) is 0 Å². The number of aliphatic hydroxyl groups is 1. The van der Waals surface area contributed by atoms with Crippen LogP contribution in [0.4, 0.5) is 5.69 Å². The molecule has 1 saturated heterocycles. The number of rotatable bonds is 5. The van der Waals surface area contributed by atoms with E-state index in [0.717, 1.165) is 49.6 Å². The molecule has 5 nitrogen and oxygen atoms in total. The molecule has 3 heterocycles. The van der Waals surface area contributed by atoms with E-state index in [9.17, 15) is 5.11 Å². The van der Waals surface area contributed by atoms with Crippen LogP contribution >= 0.6 is 0 Å². The van der Waals surface area contributed by atoms with Crippen LogP contribution in [0.3, 0.4) is 0 Å². The van der Waals surface area contributed by atoms with Gasteiger partial charge < -0.3 is 14.4 Å². The van der Waals surface area contributed by atoms with Crippen molar-refractivity contribution < 1.29 is 9.52 Å². The van der Waals surface area contributed by atoms with Gasteiger partial charge in [0.05, 0.1) is 12.1 Å². The van der Waals surface area contributed by atoms with Crippen LogP contribution in [0.5, 0.6) is 0 Å². The second kappa shape index (κ2) is 7.94. The Balaban J connectivity index is 1.60. The third kappa shape index (κ3) is 3.77. The highest BCUT2D eigenvalue weighted by Gasteiger charge is 2.28. The predicted molar refractivity (Wildman–Crippen MR) is 113 cm³/mol. The number of piperazine rings is 1. The summed E-state index contributed by atoms with van der Waals surface area (Å²) in [5.41, 5.74) is 4.80. The second-order valence-electron chi connectivity index (χ2n) is 7.90. The van der Waals surface area contributed by atoms with E-state index in [0.29, 0.717) is 6.04 Å².